The summed E-state index contributed by atoms with van der Waals surface area (Å²) in [6, 6.07) is 0. The van der Waals surface area contributed by atoms with Crippen LogP contribution >= 0.6 is 0 Å². The lowest BCUT2D eigenvalue weighted by atomic mass is 9.45. The number of aliphatic carboxylic acids is 1. The smallest absolute Gasteiger partial charge is 0.304 e. The molecule has 7 atom stereocenters. The second kappa shape index (κ2) is 6.24. The zero-order valence-electron chi connectivity index (χ0n) is 17.4. The van der Waals surface area contributed by atoms with Crippen molar-refractivity contribution in [3.05, 3.63) is 36.0 Å². The SMILES string of the molecule is C=C1C(=O)C=C2C=C[C@@H]3[C@H](CC[C@@]4(C)[C@H]3CC[C@@]4(CC(=O)O)C(C)=O)[C@@]2(C)[C@H]1O. The first kappa shape index (κ1) is 20.3. The largest absolute Gasteiger partial charge is 0.481 e. The predicted molar refractivity (Wildman–Crippen MR) is 108 cm³/mol. The lowest BCUT2D eigenvalue weighted by molar-refractivity contribution is -0.153. The molecule has 0 aromatic rings. The van der Waals surface area contributed by atoms with Gasteiger partial charge >= 0.3 is 5.97 Å². The molecule has 4 aliphatic carbocycles. The van der Waals surface area contributed by atoms with Crippen LogP contribution in [0.2, 0.25) is 0 Å². The molecule has 2 fully saturated rings. The van der Waals surface area contributed by atoms with E-state index in [1.54, 1.807) is 13.0 Å². The zero-order chi connectivity index (χ0) is 21.4. The van der Waals surface area contributed by atoms with Crippen LogP contribution in [0.1, 0.15) is 52.9 Å². The lowest BCUT2D eigenvalue weighted by Gasteiger charge is -2.58. The number of hydrogen-bond donors (Lipinski definition) is 2. The second-order valence-corrected chi connectivity index (χ2v) is 10.0. The van der Waals surface area contributed by atoms with E-state index in [4.69, 9.17) is 0 Å². The van der Waals surface area contributed by atoms with Crippen LogP contribution in [0, 0.1) is 34.0 Å². The van der Waals surface area contributed by atoms with Crippen molar-refractivity contribution in [1.29, 1.82) is 0 Å². The Morgan fingerprint density at radius 2 is 1.86 bits per heavy atom. The third-order valence-corrected chi connectivity index (χ3v) is 9.22. The fourth-order valence-corrected chi connectivity index (χ4v) is 7.45. The van der Waals surface area contributed by atoms with Gasteiger partial charge in [-0.05, 0) is 67.4 Å². The molecule has 156 valence electrons. The molecule has 29 heavy (non-hydrogen) atoms. The van der Waals surface area contributed by atoms with Crippen LogP contribution in [0.15, 0.2) is 36.0 Å². The normalized spacial score (nSPS) is 45.9. The fraction of sp³-hybridized carbons (Fsp3) is 0.625. The van der Waals surface area contributed by atoms with E-state index < -0.39 is 22.9 Å². The average molecular weight is 398 g/mol. The molecule has 0 unspecified atom stereocenters. The van der Waals surface area contributed by atoms with Gasteiger partial charge < -0.3 is 10.2 Å². The summed E-state index contributed by atoms with van der Waals surface area (Å²) >= 11 is 0. The number of aliphatic hydroxyl groups is 1. The zero-order valence-corrected chi connectivity index (χ0v) is 17.4. The van der Waals surface area contributed by atoms with Gasteiger partial charge in [0.1, 0.15) is 5.78 Å². The minimum atomic E-state index is -0.921. The van der Waals surface area contributed by atoms with Gasteiger partial charge in [-0.25, -0.2) is 0 Å². The molecule has 5 nitrogen and oxygen atoms in total. The van der Waals surface area contributed by atoms with Crippen LogP contribution in [0.4, 0.5) is 0 Å². The van der Waals surface area contributed by atoms with Gasteiger partial charge in [-0.15, -0.1) is 0 Å². The number of aliphatic hydroxyl groups excluding tert-OH is 1. The minimum absolute atomic E-state index is 0.0217. The Kier molecular flexibility index (Phi) is 4.36. The summed E-state index contributed by atoms with van der Waals surface area (Å²) in [6.45, 7) is 9.50. The maximum Gasteiger partial charge on any atom is 0.304 e. The molecule has 5 heteroatoms. The van der Waals surface area contributed by atoms with Gasteiger partial charge in [0.2, 0.25) is 0 Å². The maximum atomic E-state index is 12.8. The molecule has 2 saturated carbocycles. The molecule has 0 radical (unpaired) electrons. The van der Waals surface area contributed by atoms with E-state index in [0.29, 0.717) is 6.42 Å². The molecule has 0 bridgehead atoms. The van der Waals surface area contributed by atoms with Crippen LogP contribution in [-0.2, 0) is 14.4 Å². The van der Waals surface area contributed by atoms with Crippen LogP contribution < -0.4 is 0 Å². The summed E-state index contributed by atoms with van der Waals surface area (Å²) in [7, 11) is 0. The summed E-state index contributed by atoms with van der Waals surface area (Å²) in [4.78, 5) is 36.6. The summed E-state index contributed by atoms with van der Waals surface area (Å²) < 4.78 is 0. The van der Waals surface area contributed by atoms with Gasteiger partial charge in [0.05, 0.1) is 12.5 Å². The Balaban J connectivity index is 1.79. The monoisotopic (exact) mass is 398 g/mol. The van der Waals surface area contributed by atoms with Gasteiger partial charge in [0.15, 0.2) is 5.78 Å². The Morgan fingerprint density at radius 1 is 1.21 bits per heavy atom. The second-order valence-electron chi connectivity index (χ2n) is 10.0. The number of allylic oxidation sites excluding steroid dienone is 3. The first-order valence-corrected chi connectivity index (χ1v) is 10.5. The number of rotatable bonds is 3. The Morgan fingerprint density at radius 3 is 2.48 bits per heavy atom. The van der Waals surface area contributed by atoms with E-state index in [0.717, 1.165) is 24.8 Å². The first-order chi connectivity index (χ1) is 13.5. The number of hydrogen-bond acceptors (Lipinski definition) is 4. The Hall–Kier alpha value is -2.01. The lowest BCUT2D eigenvalue weighted by Crippen LogP contribution is -2.56. The number of carboxylic acid groups (broad SMARTS) is 1. The molecule has 0 aliphatic heterocycles. The highest BCUT2D eigenvalue weighted by Gasteiger charge is 2.66. The van der Waals surface area contributed by atoms with E-state index >= 15 is 0 Å². The number of Topliss-reactive ketones (excluding diaryl/α,β-unsaturated/α-hetero) is 1. The summed E-state index contributed by atoms with van der Waals surface area (Å²) in [5.74, 6) is -0.709. The first-order valence-electron chi connectivity index (χ1n) is 10.5. The Bertz CT molecular complexity index is 882. The van der Waals surface area contributed by atoms with Crippen LogP contribution in [-0.4, -0.2) is 33.9 Å². The molecular formula is C24H30O5. The van der Waals surface area contributed by atoms with E-state index in [-0.39, 0.29) is 46.7 Å². The molecule has 0 amide bonds. The van der Waals surface area contributed by atoms with Crippen LogP contribution in [0.5, 0.6) is 0 Å². The van der Waals surface area contributed by atoms with Gasteiger partial charge in [0.25, 0.3) is 0 Å². The Labute approximate surface area is 171 Å². The van der Waals surface area contributed by atoms with Gasteiger partial charge in [0, 0.05) is 16.4 Å². The fourth-order valence-electron chi connectivity index (χ4n) is 7.45. The molecule has 0 heterocycles. The standard InChI is InChI=1S/C24H30O5/c1-13-19(26)11-15-5-6-16-17-8-10-24(14(2)25,12-20(27)28)22(17,3)9-7-18(16)23(15,4)21(13)29/h5-6,11,16-18,21,29H,1,7-10,12H2,2-4H3,(H,27,28)/t16-,17-,18-,21-,22-,23-,24+/m0/s1. The van der Waals surface area contributed by atoms with Crippen molar-refractivity contribution < 1.29 is 24.6 Å². The summed E-state index contributed by atoms with van der Waals surface area (Å²) in [5, 5.41) is 20.6. The molecular weight excluding hydrogens is 368 g/mol. The quantitative estimate of drug-likeness (QED) is 0.710. The molecule has 4 aliphatic rings. The minimum Gasteiger partial charge on any atom is -0.481 e. The third-order valence-electron chi connectivity index (χ3n) is 9.22. The van der Waals surface area contributed by atoms with Crippen molar-refractivity contribution in [2.24, 2.45) is 34.0 Å². The van der Waals surface area contributed by atoms with Gasteiger partial charge in [-0.3, -0.25) is 14.4 Å². The number of carbonyl (C=O) groups is 3. The molecule has 4 rings (SSSR count). The summed E-state index contributed by atoms with van der Waals surface area (Å²) in [6.07, 6.45) is 7.60. The van der Waals surface area contributed by atoms with Crippen LogP contribution in [0.3, 0.4) is 0 Å². The van der Waals surface area contributed by atoms with E-state index in [9.17, 15) is 24.6 Å². The van der Waals surface area contributed by atoms with Gasteiger partial charge in [-0.1, -0.05) is 32.6 Å². The highest BCUT2D eigenvalue weighted by Crippen LogP contribution is 2.69. The van der Waals surface area contributed by atoms with E-state index in [2.05, 4.69) is 19.6 Å². The highest BCUT2D eigenvalue weighted by atomic mass is 16.4. The molecule has 0 saturated heterocycles. The van der Waals surface area contributed by atoms with Crippen molar-refractivity contribution in [2.75, 3.05) is 0 Å². The topological polar surface area (TPSA) is 91.7 Å². The van der Waals surface area contributed by atoms with Crippen LogP contribution in [0.25, 0.3) is 0 Å². The summed E-state index contributed by atoms with van der Waals surface area (Å²) in [5.41, 5.74) is -0.695. The number of fused-ring (bicyclic) bond motifs is 5. The van der Waals surface area contributed by atoms with E-state index in [1.165, 1.54) is 0 Å². The number of ketones is 2. The molecule has 0 spiro atoms. The maximum absolute atomic E-state index is 12.8. The van der Waals surface area contributed by atoms with Crippen molar-refractivity contribution in [1.82, 2.24) is 0 Å². The van der Waals surface area contributed by atoms with E-state index in [1.807, 2.05) is 13.0 Å². The van der Waals surface area contributed by atoms with Crippen molar-refractivity contribution in [3.63, 3.8) is 0 Å². The van der Waals surface area contributed by atoms with Crippen molar-refractivity contribution in [2.45, 2.75) is 59.0 Å². The van der Waals surface area contributed by atoms with Crippen molar-refractivity contribution in [3.8, 4) is 0 Å². The average Bonchev–Trinajstić information content (AvgIpc) is 2.94. The molecule has 2 N–H and O–H groups in total. The highest BCUT2D eigenvalue weighted by molar-refractivity contribution is 6.06. The van der Waals surface area contributed by atoms with Crippen molar-refractivity contribution >= 4 is 17.5 Å². The van der Waals surface area contributed by atoms with Gasteiger partial charge in [-0.2, -0.15) is 0 Å². The third kappa shape index (κ3) is 2.40. The molecule has 0 aromatic carbocycles. The molecule has 0 aromatic heterocycles. The predicted octanol–water partition coefficient (Wildman–Crippen LogP) is 3.48. The number of carbonyl (C=O) groups excluding carboxylic acids is 2. The number of carboxylic acids is 1.